The predicted molar refractivity (Wildman–Crippen MR) is 141 cm³/mol. The molecule has 0 spiro atoms. The van der Waals surface area contributed by atoms with Gasteiger partial charge >= 0.3 is 0 Å². The second kappa shape index (κ2) is 11.9. The summed E-state index contributed by atoms with van der Waals surface area (Å²) >= 11 is 0. The highest BCUT2D eigenvalue weighted by Crippen LogP contribution is 2.38. The van der Waals surface area contributed by atoms with Gasteiger partial charge in [0.1, 0.15) is 0 Å². The highest BCUT2D eigenvalue weighted by atomic mass is 14.3. The lowest BCUT2D eigenvalue weighted by molar-refractivity contribution is 0.302. The molecule has 32 heavy (non-hydrogen) atoms. The van der Waals surface area contributed by atoms with Gasteiger partial charge in [-0.2, -0.15) is 0 Å². The molecule has 2 aliphatic carbocycles. The van der Waals surface area contributed by atoms with Crippen molar-refractivity contribution in [3.63, 3.8) is 0 Å². The fourth-order valence-corrected chi connectivity index (χ4v) is 5.99. The third kappa shape index (κ3) is 6.15. The van der Waals surface area contributed by atoms with Crippen LogP contribution in [0.15, 0.2) is 54.6 Å². The lowest BCUT2D eigenvalue weighted by atomic mass is 9.77. The van der Waals surface area contributed by atoms with Crippen molar-refractivity contribution in [2.45, 2.75) is 103 Å². The molecule has 2 aromatic carbocycles. The molecular formula is C32H44. The minimum Gasteiger partial charge on any atom is -0.0804 e. The molecule has 0 heteroatoms. The van der Waals surface area contributed by atoms with Gasteiger partial charge in [0.2, 0.25) is 0 Å². The van der Waals surface area contributed by atoms with Gasteiger partial charge in [-0.1, -0.05) is 107 Å². The highest BCUT2D eigenvalue weighted by molar-refractivity contribution is 5.71. The van der Waals surface area contributed by atoms with Gasteiger partial charge in [0.05, 0.1) is 0 Å². The van der Waals surface area contributed by atoms with Crippen LogP contribution in [0.2, 0.25) is 0 Å². The van der Waals surface area contributed by atoms with E-state index in [-0.39, 0.29) is 0 Å². The number of allylic oxidation sites excluding steroid dienone is 2. The third-order valence-electron chi connectivity index (χ3n) is 8.38. The molecular weight excluding hydrogens is 384 g/mol. The van der Waals surface area contributed by atoms with Crippen LogP contribution < -0.4 is 0 Å². The Bertz CT molecular complexity index is 831. The maximum absolute atomic E-state index is 2.49. The van der Waals surface area contributed by atoms with Crippen molar-refractivity contribution in [2.75, 3.05) is 0 Å². The van der Waals surface area contributed by atoms with Gasteiger partial charge in [-0.3, -0.25) is 0 Å². The van der Waals surface area contributed by atoms with Crippen LogP contribution in [-0.2, 0) is 0 Å². The van der Waals surface area contributed by atoms with Crippen molar-refractivity contribution < 1.29 is 0 Å². The number of hydrogen-bond acceptors (Lipinski definition) is 0. The lowest BCUT2D eigenvalue weighted by Gasteiger charge is -2.29. The highest BCUT2D eigenvalue weighted by Gasteiger charge is 2.22. The van der Waals surface area contributed by atoms with Gasteiger partial charge in [-0.15, -0.1) is 0 Å². The number of rotatable bonds is 9. The molecule has 0 radical (unpaired) electrons. The summed E-state index contributed by atoms with van der Waals surface area (Å²) in [6.07, 6.45) is 20.5. The van der Waals surface area contributed by atoms with Crippen LogP contribution in [0.25, 0.3) is 16.7 Å². The molecule has 172 valence electrons. The zero-order valence-electron chi connectivity index (χ0n) is 20.6. The first kappa shape index (κ1) is 23.3. The zero-order valence-corrected chi connectivity index (χ0v) is 20.6. The Morgan fingerprint density at radius 2 is 1.31 bits per heavy atom. The van der Waals surface area contributed by atoms with Crippen LogP contribution in [0.4, 0.5) is 0 Å². The lowest BCUT2D eigenvalue weighted by Crippen LogP contribution is -2.13. The number of unbranched alkanes of at least 4 members (excludes halogenated alkanes) is 3. The van der Waals surface area contributed by atoms with E-state index in [1.165, 1.54) is 100 Å². The molecule has 0 aliphatic heterocycles. The van der Waals surface area contributed by atoms with Crippen LogP contribution in [0.1, 0.15) is 114 Å². The molecule has 0 amide bonds. The Morgan fingerprint density at radius 3 is 1.91 bits per heavy atom. The monoisotopic (exact) mass is 428 g/mol. The summed E-state index contributed by atoms with van der Waals surface area (Å²) < 4.78 is 0. The first-order chi connectivity index (χ1) is 15.8. The van der Waals surface area contributed by atoms with E-state index in [1.807, 2.05) is 0 Å². The maximum Gasteiger partial charge on any atom is -0.0162 e. The largest absolute Gasteiger partial charge is 0.0804 e. The SMILES string of the molecule is CCCCCC[C@H]1CC[C@H](c2ccc(-c3ccc(C4=CCC(CC)CC4)cc3)cc2)CC1. The summed E-state index contributed by atoms with van der Waals surface area (Å²) in [7, 11) is 0. The molecule has 2 aromatic rings. The Kier molecular flexibility index (Phi) is 8.66. The second-order valence-corrected chi connectivity index (χ2v) is 10.5. The maximum atomic E-state index is 2.49. The summed E-state index contributed by atoms with van der Waals surface area (Å²) in [4.78, 5) is 0. The first-order valence-corrected chi connectivity index (χ1v) is 13.7. The minimum atomic E-state index is 0.781. The molecule has 0 heterocycles. The number of hydrogen-bond donors (Lipinski definition) is 0. The first-order valence-electron chi connectivity index (χ1n) is 13.7. The number of benzene rings is 2. The van der Waals surface area contributed by atoms with Crippen molar-refractivity contribution in [1.29, 1.82) is 0 Å². The van der Waals surface area contributed by atoms with Gasteiger partial charge in [0, 0.05) is 0 Å². The third-order valence-corrected chi connectivity index (χ3v) is 8.38. The molecule has 0 nitrogen and oxygen atoms in total. The normalized spacial score (nSPS) is 23.7. The standard InChI is InChI=1S/C32H44/c1-3-5-6-7-8-26-11-15-28(16-12-26)30-19-23-32(24-20-30)31-21-17-29(18-22-31)27-13-9-25(4-2)10-14-27/h13,17-26,28H,3-12,14-16H2,1-2H3/t25?,26-,28-. The molecule has 0 saturated heterocycles. The van der Waals surface area contributed by atoms with Crippen LogP contribution in [0, 0.1) is 11.8 Å². The van der Waals surface area contributed by atoms with Gasteiger partial charge < -0.3 is 0 Å². The average Bonchev–Trinajstić information content (AvgIpc) is 2.87. The summed E-state index contributed by atoms with van der Waals surface area (Å²) in [5, 5.41) is 0. The summed E-state index contributed by atoms with van der Waals surface area (Å²) in [6, 6.07) is 18.8. The quantitative estimate of drug-likeness (QED) is 0.348. The molecule has 1 saturated carbocycles. The Morgan fingerprint density at radius 1 is 0.656 bits per heavy atom. The zero-order chi connectivity index (χ0) is 22.2. The van der Waals surface area contributed by atoms with Crippen LogP contribution >= 0.6 is 0 Å². The van der Waals surface area contributed by atoms with Crippen molar-refractivity contribution in [2.24, 2.45) is 11.8 Å². The van der Waals surface area contributed by atoms with E-state index in [2.05, 4.69) is 68.5 Å². The Balaban J connectivity index is 1.30. The van der Waals surface area contributed by atoms with Crippen molar-refractivity contribution in [3.8, 4) is 11.1 Å². The van der Waals surface area contributed by atoms with Crippen LogP contribution in [0.3, 0.4) is 0 Å². The molecule has 4 rings (SSSR count). The topological polar surface area (TPSA) is 0 Å². The van der Waals surface area contributed by atoms with E-state index < -0.39 is 0 Å². The summed E-state index contributed by atoms with van der Waals surface area (Å²) in [5.41, 5.74) is 7.24. The summed E-state index contributed by atoms with van der Waals surface area (Å²) in [6.45, 7) is 4.63. The molecule has 0 bridgehead atoms. The predicted octanol–water partition coefficient (Wildman–Crippen LogP) is 10.2. The molecule has 1 atom stereocenters. The van der Waals surface area contributed by atoms with E-state index in [0.29, 0.717) is 0 Å². The van der Waals surface area contributed by atoms with Crippen molar-refractivity contribution in [1.82, 2.24) is 0 Å². The van der Waals surface area contributed by atoms with Crippen molar-refractivity contribution >= 4 is 5.57 Å². The van der Waals surface area contributed by atoms with E-state index in [1.54, 1.807) is 11.1 Å². The van der Waals surface area contributed by atoms with Gasteiger partial charge in [-0.25, -0.2) is 0 Å². The van der Waals surface area contributed by atoms with Crippen LogP contribution in [0.5, 0.6) is 0 Å². The molecule has 0 aromatic heterocycles. The van der Waals surface area contributed by atoms with Crippen LogP contribution in [-0.4, -0.2) is 0 Å². The van der Waals surface area contributed by atoms with Gasteiger partial charge in [-0.05, 0) is 90.5 Å². The average molecular weight is 429 g/mol. The minimum absolute atomic E-state index is 0.781. The van der Waals surface area contributed by atoms with Gasteiger partial charge in [0.15, 0.2) is 0 Å². The smallest absolute Gasteiger partial charge is 0.0162 e. The molecule has 2 aliphatic rings. The second-order valence-electron chi connectivity index (χ2n) is 10.5. The van der Waals surface area contributed by atoms with Crippen molar-refractivity contribution in [3.05, 3.63) is 65.7 Å². The molecule has 1 fully saturated rings. The van der Waals surface area contributed by atoms with E-state index in [0.717, 1.165) is 17.8 Å². The Hall–Kier alpha value is -1.82. The Labute approximate surface area is 197 Å². The molecule has 1 unspecified atom stereocenters. The fraction of sp³-hybridized carbons (Fsp3) is 0.562. The fourth-order valence-electron chi connectivity index (χ4n) is 5.99. The molecule has 0 N–H and O–H groups in total. The van der Waals surface area contributed by atoms with E-state index >= 15 is 0 Å². The van der Waals surface area contributed by atoms with Gasteiger partial charge in [0.25, 0.3) is 0 Å². The van der Waals surface area contributed by atoms with E-state index in [9.17, 15) is 0 Å². The van der Waals surface area contributed by atoms with E-state index in [4.69, 9.17) is 0 Å². The summed E-state index contributed by atoms with van der Waals surface area (Å²) in [5.74, 6) is 2.67.